The van der Waals surface area contributed by atoms with E-state index in [9.17, 15) is 4.39 Å². The van der Waals surface area contributed by atoms with Gasteiger partial charge in [-0.05, 0) is 24.3 Å². The van der Waals surface area contributed by atoms with Crippen molar-refractivity contribution >= 4 is 23.2 Å². The molecule has 0 aromatic heterocycles. The summed E-state index contributed by atoms with van der Waals surface area (Å²) in [5.74, 6) is 0.472. The quantitative estimate of drug-likeness (QED) is 0.908. The van der Waals surface area contributed by atoms with Gasteiger partial charge in [-0.2, -0.15) is 0 Å². The summed E-state index contributed by atoms with van der Waals surface area (Å²) in [6.45, 7) is 0.254. The maximum atomic E-state index is 13.0. The van der Waals surface area contributed by atoms with E-state index in [1.54, 1.807) is 18.2 Å². The summed E-state index contributed by atoms with van der Waals surface area (Å²) >= 11 is 11.7. The molecule has 0 saturated carbocycles. The van der Waals surface area contributed by atoms with Crippen LogP contribution in [0.2, 0.25) is 10.0 Å². The summed E-state index contributed by atoms with van der Waals surface area (Å²) in [4.78, 5) is 0. The predicted molar refractivity (Wildman–Crippen MR) is 70.8 cm³/mol. The van der Waals surface area contributed by atoms with Crippen LogP contribution in [0.15, 0.2) is 36.4 Å². The standard InChI is InChI=1S/C13H10Cl2FNO/c14-10-2-1-3-13(9(10)7-17)18-8-4-5-12(16)11(15)6-8/h1-6H,7,17H2. The van der Waals surface area contributed by atoms with Gasteiger partial charge in [0.15, 0.2) is 0 Å². The molecule has 0 amide bonds. The summed E-state index contributed by atoms with van der Waals surface area (Å²) in [7, 11) is 0. The number of nitrogens with two attached hydrogens (primary N) is 1. The van der Waals surface area contributed by atoms with Gasteiger partial charge in [0.05, 0.1) is 5.02 Å². The summed E-state index contributed by atoms with van der Waals surface area (Å²) in [5, 5.41) is 0.534. The highest BCUT2D eigenvalue weighted by Crippen LogP contribution is 2.31. The third-order valence-electron chi connectivity index (χ3n) is 2.40. The SMILES string of the molecule is NCc1c(Cl)cccc1Oc1ccc(F)c(Cl)c1. The number of ether oxygens (including phenoxy) is 1. The smallest absolute Gasteiger partial charge is 0.142 e. The van der Waals surface area contributed by atoms with Crippen molar-refractivity contribution in [2.75, 3.05) is 0 Å². The molecule has 0 aliphatic heterocycles. The average Bonchev–Trinajstić information content (AvgIpc) is 2.34. The third kappa shape index (κ3) is 2.75. The fourth-order valence-electron chi connectivity index (χ4n) is 1.50. The molecule has 5 heteroatoms. The molecule has 0 saturated heterocycles. The molecule has 0 spiro atoms. The first-order valence-electron chi connectivity index (χ1n) is 5.22. The van der Waals surface area contributed by atoms with Crippen LogP contribution < -0.4 is 10.5 Å². The van der Waals surface area contributed by atoms with E-state index in [-0.39, 0.29) is 11.6 Å². The summed E-state index contributed by atoms with van der Waals surface area (Å²) in [5.41, 5.74) is 6.30. The minimum Gasteiger partial charge on any atom is -0.457 e. The van der Waals surface area contributed by atoms with E-state index in [1.807, 2.05) is 0 Å². The lowest BCUT2D eigenvalue weighted by Gasteiger charge is -2.11. The Morgan fingerprint density at radius 3 is 2.56 bits per heavy atom. The Balaban J connectivity index is 2.34. The van der Waals surface area contributed by atoms with Crippen LogP contribution in [0.5, 0.6) is 11.5 Å². The van der Waals surface area contributed by atoms with Crippen LogP contribution in [0.3, 0.4) is 0 Å². The van der Waals surface area contributed by atoms with E-state index < -0.39 is 5.82 Å². The molecular weight excluding hydrogens is 276 g/mol. The average molecular weight is 286 g/mol. The number of hydrogen-bond acceptors (Lipinski definition) is 2. The van der Waals surface area contributed by atoms with Gasteiger partial charge in [-0.25, -0.2) is 4.39 Å². The van der Waals surface area contributed by atoms with Gasteiger partial charge in [-0.3, -0.25) is 0 Å². The second kappa shape index (κ2) is 5.57. The van der Waals surface area contributed by atoms with Gasteiger partial charge in [0.25, 0.3) is 0 Å². The van der Waals surface area contributed by atoms with Gasteiger partial charge in [0, 0.05) is 23.2 Å². The molecule has 2 nitrogen and oxygen atoms in total. The van der Waals surface area contributed by atoms with E-state index in [1.165, 1.54) is 18.2 Å². The molecule has 0 aliphatic rings. The Bertz CT molecular complexity index is 575. The predicted octanol–water partition coefficient (Wildman–Crippen LogP) is 4.38. The molecular formula is C13H10Cl2FNO. The van der Waals surface area contributed by atoms with E-state index >= 15 is 0 Å². The molecule has 0 atom stereocenters. The molecule has 2 N–H and O–H groups in total. The zero-order valence-corrected chi connectivity index (χ0v) is 10.8. The fourth-order valence-corrected chi connectivity index (χ4v) is 1.91. The van der Waals surface area contributed by atoms with Crippen molar-refractivity contribution in [3.05, 3.63) is 57.8 Å². The summed E-state index contributed by atoms with van der Waals surface area (Å²) in [6, 6.07) is 9.35. The molecule has 2 rings (SSSR count). The highest BCUT2D eigenvalue weighted by Gasteiger charge is 2.08. The van der Waals surface area contributed by atoms with Crippen LogP contribution in [0.1, 0.15) is 5.56 Å². The fraction of sp³-hybridized carbons (Fsp3) is 0.0769. The van der Waals surface area contributed by atoms with Crippen molar-refractivity contribution in [1.82, 2.24) is 0 Å². The van der Waals surface area contributed by atoms with Crippen LogP contribution in [-0.4, -0.2) is 0 Å². The van der Waals surface area contributed by atoms with E-state index in [2.05, 4.69) is 0 Å². The minimum absolute atomic E-state index is 0.00354. The van der Waals surface area contributed by atoms with Gasteiger partial charge in [0.2, 0.25) is 0 Å². The van der Waals surface area contributed by atoms with E-state index in [4.69, 9.17) is 33.7 Å². The van der Waals surface area contributed by atoms with Crippen molar-refractivity contribution in [3.8, 4) is 11.5 Å². The lowest BCUT2D eigenvalue weighted by atomic mass is 10.2. The van der Waals surface area contributed by atoms with Crippen LogP contribution in [0.25, 0.3) is 0 Å². The zero-order chi connectivity index (χ0) is 13.1. The van der Waals surface area contributed by atoms with Crippen molar-refractivity contribution in [3.63, 3.8) is 0 Å². The largest absolute Gasteiger partial charge is 0.457 e. The first-order chi connectivity index (χ1) is 8.61. The number of rotatable bonds is 3. The van der Waals surface area contributed by atoms with Crippen LogP contribution in [0.4, 0.5) is 4.39 Å². The molecule has 94 valence electrons. The highest BCUT2D eigenvalue weighted by molar-refractivity contribution is 6.31. The molecule has 2 aromatic rings. The summed E-state index contributed by atoms with van der Waals surface area (Å²) in [6.07, 6.45) is 0. The first-order valence-corrected chi connectivity index (χ1v) is 5.97. The molecule has 18 heavy (non-hydrogen) atoms. The van der Waals surface area contributed by atoms with Gasteiger partial charge in [-0.15, -0.1) is 0 Å². The van der Waals surface area contributed by atoms with Crippen LogP contribution in [-0.2, 0) is 6.54 Å². The molecule has 0 aliphatic carbocycles. The van der Waals surface area contributed by atoms with Crippen molar-refractivity contribution in [2.45, 2.75) is 6.54 Å². The van der Waals surface area contributed by atoms with Crippen LogP contribution in [0, 0.1) is 5.82 Å². The Morgan fingerprint density at radius 2 is 1.89 bits per heavy atom. The van der Waals surface area contributed by atoms with Gasteiger partial charge in [0.1, 0.15) is 17.3 Å². The van der Waals surface area contributed by atoms with Crippen LogP contribution >= 0.6 is 23.2 Å². The minimum atomic E-state index is -0.492. The molecule has 0 radical (unpaired) electrons. The number of hydrogen-bond donors (Lipinski definition) is 1. The van der Waals surface area contributed by atoms with Crippen molar-refractivity contribution < 1.29 is 9.13 Å². The highest BCUT2D eigenvalue weighted by atomic mass is 35.5. The maximum absolute atomic E-state index is 13.0. The van der Waals surface area contributed by atoms with Gasteiger partial charge >= 0.3 is 0 Å². The maximum Gasteiger partial charge on any atom is 0.142 e. The zero-order valence-electron chi connectivity index (χ0n) is 9.29. The Labute approximate surface area is 114 Å². The topological polar surface area (TPSA) is 35.2 Å². The Kier molecular flexibility index (Phi) is 4.07. The van der Waals surface area contributed by atoms with E-state index in [0.29, 0.717) is 22.1 Å². The lowest BCUT2D eigenvalue weighted by molar-refractivity contribution is 0.474. The number of benzene rings is 2. The molecule has 0 heterocycles. The second-order valence-corrected chi connectivity index (χ2v) is 4.41. The molecule has 0 unspecified atom stereocenters. The monoisotopic (exact) mass is 285 g/mol. The van der Waals surface area contributed by atoms with Crippen molar-refractivity contribution in [1.29, 1.82) is 0 Å². The van der Waals surface area contributed by atoms with E-state index in [0.717, 1.165) is 0 Å². The van der Waals surface area contributed by atoms with Crippen molar-refractivity contribution in [2.24, 2.45) is 5.73 Å². The molecule has 2 aromatic carbocycles. The van der Waals surface area contributed by atoms with Gasteiger partial charge < -0.3 is 10.5 Å². The number of halogens is 3. The normalized spacial score (nSPS) is 10.4. The third-order valence-corrected chi connectivity index (χ3v) is 3.04. The lowest BCUT2D eigenvalue weighted by Crippen LogP contribution is -2.00. The Hall–Kier alpha value is -1.29. The van der Waals surface area contributed by atoms with Gasteiger partial charge in [-0.1, -0.05) is 29.3 Å². The summed E-state index contributed by atoms with van der Waals surface area (Å²) < 4.78 is 18.6. The second-order valence-electron chi connectivity index (χ2n) is 3.60. The molecule has 0 bridgehead atoms. The first kappa shape index (κ1) is 13.1. The Morgan fingerprint density at radius 1 is 1.11 bits per heavy atom. The molecule has 0 fully saturated rings.